The SMILES string of the molecule is CCn1cc(CN2CCO[C@H](Cc3cccc(C(F)(F)F)c3)C2)cn1. The normalized spacial score (nSPS) is 19.3. The molecule has 7 heteroatoms. The summed E-state index contributed by atoms with van der Waals surface area (Å²) >= 11 is 0. The highest BCUT2D eigenvalue weighted by molar-refractivity contribution is 5.26. The van der Waals surface area contributed by atoms with E-state index < -0.39 is 11.7 Å². The Bertz CT molecular complexity index is 699. The Morgan fingerprint density at radius 2 is 2.12 bits per heavy atom. The van der Waals surface area contributed by atoms with Gasteiger partial charge in [0.25, 0.3) is 0 Å². The lowest BCUT2D eigenvalue weighted by Crippen LogP contribution is -2.42. The van der Waals surface area contributed by atoms with Crippen molar-refractivity contribution in [3.63, 3.8) is 0 Å². The Labute approximate surface area is 145 Å². The van der Waals surface area contributed by atoms with Crippen molar-refractivity contribution < 1.29 is 17.9 Å². The number of nitrogens with zero attached hydrogens (tertiary/aromatic N) is 3. The molecule has 2 aromatic rings. The van der Waals surface area contributed by atoms with Crippen LogP contribution in [0.4, 0.5) is 13.2 Å². The van der Waals surface area contributed by atoms with E-state index in [-0.39, 0.29) is 6.10 Å². The number of hydrogen-bond donors (Lipinski definition) is 0. The van der Waals surface area contributed by atoms with Crippen molar-refractivity contribution in [1.82, 2.24) is 14.7 Å². The molecule has 1 fully saturated rings. The van der Waals surface area contributed by atoms with Crippen LogP contribution in [0.5, 0.6) is 0 Å². The number of rotatable bonds is 5. The largest absolute Gasteiger partial charge is 0.416 e. The summed E-state index contributed by atoms with van der Waals surface area (Å²) < 4.78 is 46.1. The molecule has 4 nitrogen and oxygen atoms in total. The van der Waals surface area contributed by atoms with Gasteiger partial charge in [0, 0.05) is 37.9 Å². The molecule has 1 aliphatic heterocycles. The van der Waals surface area contributed by atoms with Gasteiger partial charge in [0.2, 0.25) is 0 Å². The van der Waals surface area contributed by atoms with Crippen LogP contribution in [0.15, 0.2) is 36.7 Å². The number of morpholine rings is 1. The Balaban J connectivity index is 1.60. The third-order valence-electron chi connectivity index (χ3n) is 4.36. The van der Waals surface area contributed by atoms with Gasteiger partial charge in [-0.25, -0.2) is 0 Å². The number of aromatic nitrogens is 2. The molecule has 0 amide bonds. The fourth-order valence-electron chi connectivity index (χ4n) is 3.10. The van der Waals surface area contributed by atoms with Gasteiger partial charge >= 0.3 is 6.18 Å². The minimum atomic E-state index is -4.31. The van der Waals surface area contributed by atoms with E-state index in [4.69, 9.17) is 4.74 Å². The number of benzene rings is 1. The summed E-state index contributed by atoms with van der Waals surface area (Å²) in [6.45, 7) is 5.76. The summed E-state index contributed by atoms with van der Waals surface area (Å²) in [4.78, 5) is 2.26. The van der Waals surface area contributed by atoms with Crippen molar-refractivity contribution in [2.45, 2.75) is 38.7 Å². The van der Waals surface area contributed by atoms with Gasteiger partial charge in [0.15, 0.2) is 0 Å². The zero-order chi connectivity index (χ0) is 17.9. The van der Waals surface area contributed by atoms with Gasteiger partial charge in [-0.05, 0) is 25.0 Å². The van der Waals surface area contributed by atoms with Crippen molar-refractivity contribution in [2.75, 3.05) is 19.7 Å². The number of alkyl halides is 3. The fraction of sp³-hybridized carbons (Fsp3) is 0.500. The topological polar surface area (TPSA) is 30.3 Å². The maximum atomic E-state index is 12.8. The summed E-state index contributed by atoms with van der Waals surface area (Å²) in [6, 6.07) is 5.50. The van der Waals surface area contributed by atoms with Crippen LogP contribution in [-0.4, -0.2) is 40.5 Å². The first-order valence-corrected chi connectivity index (χ1v) is 8.45. The smallest absolute Gasteiger partial charge is 0.375 e. The number of hydrogen-bond acceptors (Lipinski definition) is 3. The van der Waals surface area contributed by atoms with Gasteiger partial charge in [0.05, 0.1) is 24.5 Å². The summed E-state index contributed by atoms with van der Waals surface area (Å²) in [7, 11) is 0. The first-order chi connectivity index (χ1) is 11.9. The molecule has 0 N–H and O–H groups in total. The van der Waals surface area contributed by atoms with Gasteiger partial charge in [-0.2, -0.15) is 18.3 Å². The highest BCUT2D eigenvalue weighted by Gasteiger charge is 2.30. The van der Waals surface area contributed by atoms with Crippen LogP contribution in [0.3, 0.4) is 0 Å². The first kappa shape index (κ1) is 17.9. The first-order valence-electron chi connectivity index (χ1n) is 8.45. The summed E-state index contributed by atoms with van der Waals surface area (Å²) in [5.41, 5.74) is 1.19. The molecule has 136 valence electrons. The molecule has 2 heterocycles. The average Bonchev–Trinajstić information content (AvgIpc) is 3.02. The third kappa shape index (κ3) is 4.83. The highest BCUT2D eigenvalue weighted by Crippen LogP contribution is 2.30. The van der Waals surface area contributed by atoms with E-state index in [1.807, 2.05) is 24.0 Å². The van der Waals surface area contributed by atoms with Gasteiger partial charge < -0.3 is 4.74 Å². The predicted molar refractivity (Wildman–Crippen MR) is 88.1 cm³/mol. The molecule has 1 atom stereocenters. The van der Waals surface area contributed by atoms with Crippen molar-refractivity contribution in [2.24, 2.45) is 0 Å². The Kier molecular flexibility index (Phi) is 5.44. The quantitative estimate of drug-likeness (QED) is 0.826. The van der Waals surface area contributed by atoms with Crippen LogP contribution in [0.25, 0.3) is 0 Å². The van der Waals surface area contributed by atoms with E-state index in [9.17, 15) is 13.2 Å². The summed E-state index contributed by atoms with van der Waals surface area (Å²) in [5.74, 6) is 0. The van der Waals surface area contributed by atoms with Gasteiger partial charge in [-0.15, -0.1) is 0 Å². The van der Waals surface area contributed by atoms with Crippen LogP contribution in [0.2, 0.25) is 0 Å². The fourth-order valence-corrected chi connectivity index (χ4v) is 3.10. The Morgan fingerprint density at radius 3 is 2.84 bits per heavy atom. The molecule has 1 saturated heterocycles. The van der Waals surface area contributed by atoms with E-state index in [0.29, 0.717) is 25.1 Å². The summed E-state index contributed by atoms with van der Waals surface area (Å²) in [5, 5.41) is 4.27. The van der Waals surface area contributed by atoms with Gasteiger partial charge in [-0.3, -0.25) is 9.58 Å². The number of aryl methyl sites for hydroxylation is 1. The van der Waals surface area contributed by atoms with E-state index >= 15 is 0 Å². The van der Waals surface area contributed by atoms with Crippen molar-refractivity contribution in [1.29, 1.82) is 0 Å². The molecule has 0 unspecified atom stereocenters. The lowest BCUT2D eigenvalue weighted by molar-refractivity contribution is -0.137. The average molecular weight is 353 g/mol. The van der Waals surface area contributed by atoms with Crippen molar-refractivity contribution in [3.8, 4) is 0 Å². The van der Waals surface area contributed by atoms with Crippen LogP contribution in [0.1, 0.15) is 23.6 Å². The van der Waals surface area contributed by atoms with Crippen LogP contribution < -0.4 is 0 Å². The lowest BCUT2D eigenvalue weighted by Gasteiger charge is -2.32. The predicted octanol–water partition coefficient (Wildman–Crippen LogP) is 3.37. The van der Waals surface area contributed by atoms with E-state index in [1.54, 1.807) is 6.07 Å². The second kappa shape index (κ2) is 7.58. The summed E-state index contributed by atoms with van der Waals surface area (Å²) in [6.07, 6.45) is -0.0415. The number of ether oxygens (including phenoxy) is 1. The Morgan fingerprint density at radius 1 is 1.28 bits per heavy atom. The molecular weight excluding hydrogens is 331 g/mol. The molecule has 0 bridgehead atoms. The highest BCUT2D eigenvalue weighted by atomic mass is 19.4. The van der Waals surface area contributed by atoms with E-state index in [2.05, 4.69) is 10.00 Å². The lowest BCUT2D eigenvalue weighted by atomic mass is 10.0. The third-order valence-corrected chi connectivity index (χ3v) is 4.36. The van der Waals surface area contributed by atoms with Gasteiger partial charge in [-0.1, -0.05) is 18.2 Å². The van der Waals surface area contributed by atoms with Crippen LogP contribution in [-0.2, 0) is 30.4 Å². The monoisotopic (exact) mass is 353 g/mol. The maximum Gasteiger partial charge on any atom is 0.416 e. The van der Waals surface area contributed by atoms with E-state index in [1.165, 1.54) is 12.1 Å². The van der Waals surface area contributed by atoms with Crippen LogP contribution in [0, 0.1) is 0 Å². The molecule has 0 saturated carbocycles. The minimum Gasteiger partial charge on any atom is -0.375 e. The Hall–Kier alpha value is -1.86. The molecule has 25 heavy (non-hydrogen) atoms. The maximum absolute atomic E-state index is 12.8. The number of halogens is 3. The molecule has 3 rings (SSSR count). The molecule has 0 spiro atoms. The van der Waals surface area contributed by atoms with Crippen molar-refractivity contribution >= 4 is 0 Å². The minimum absolute atomic E-state index is 0.0987. The molecule has 1 aromatic heterocycles. The van der Waals surface area contributed by atoms with Gasteiger partial charge in [0.1, 0.15) is 0 Å². The molecule has 0 radical (unpaired) electrons. The second-order valence-electron chi connectivity index (χ2n) is 6.33. The van der Waals surface area contributed by atoms with E-state index in [0.717, 1.165) is 31.3 Å². The second-order valence-corrected chi connectivity index (χ2v) is 6.33. The van der Waals surface area contributed by atoms with Crippen LogP contribution >= 0.6 is 0 Å². The molecule has 1 aromatic carbocycles. The standard InChI is InChI=1S/C18H22F3N3O/c1-2-24-12-15(10-22-24)11-23-6-7-25-17(13-23)9-14-4-3-5-16(8-14)18(19,20)21/h3-5,8,10,12,17H,2,6-7,9,11,13H2,1H3/t17-/m1/s1. The zero-order valence-electron chi connectivity index (χ0n) is 14.2. The molecular formula is C18H22F3N3O. The van der Waals surface area contributed by atoms with Crippen molar-refractivity contribution in [3.05, 3.63) is 53.3 Å². The molecule has 1 aliphatic rings. The molecule has 0 aliphatic carbocycles. The zero-order valence-corrected chi connectivity index (χ0v) is 14.2.